The number of aromatic nitrogens is 4. The SMILES string of the molecule is [Br-].[Br-].[Br-].[Br-].[Ni+2].[Ni+2].c1cc2nc(c1)CNCc1cccc(n1)CNC2.c1cc2nc(c1)CNCc1cccc(n1)CNC2. The molecule has 0 saturated heterocycles. The maximum absolute atomic E-state index is 4.60. The van der Waals surface area contributed by atoms with Crippen LogP contribution in [0.1, 0.15) is 45.6 Å². The first-order valence-corrected chi connectivity index (χ1v) is 12.4. The molecule has 0 saturated carbocycles. The van der Waals surface area contributed by atoms with Gasteiger partial charge in [0.25, 0.3) is 0 Å². The summed E-state index contributed by atoms with van der Waals surface area (Å²) in [5.41, 5.74) is 8.60. The molecule has 232 valence electrons. The van der Waals surface area contributed by atoms with E-state index in [-0.39, 0.29) is 101 Å². The van der Waals surface area contributed by atoms with Crippen LogP contribution in [-0.2, 0) is 85.3 Å². The van der Waals surface area contributed by atoms with Gasteiger partial charge in [-0.05, 0) is 48.5 Å². The standard InChI is InChI=1S/2C14H16N4.4BrH.2Ni/c2*1-3-11-7-15-9-13-5-2-6-14(18-13)10-16-8-12(4-1)17-11;;;;;;/h2*1-6,15-16H,7-10H2;4*1H;;/q;;;;;;2*+2/p-4. The van der Waals surface area contributed by atoms with Crippen LogP contribution in [0, 0.1) is 0 Å². The molecule has 4 aromatic rings. The van der Waals surface area contributed by atoms with E-state index in [0.29, 0.717) is 0 Å². The van der Waals surface area contributed by atoms with Crippen molar-refractivity contribution < 1.29 is 101 Å². The van der Waals surface area contributed by atoms with Crippen LogP contribution < -0.4 is 89.2 Å². The van der Waals surface area contributed by atoms with Gasteiger partial charge in [-0.2, -0.15) is 0 Å². The molecule has 0 aromatic carbocycles. The third-order valence-corrected chi connectivity index (χ3v) is 5.91. The van der Waals surface area contributed by atoms with Gasteiger partial charge in [0, 0.05) is 52.4 Å². The number of nitrogens with one attached hydrogen (secondary N) is 4. The van der Waals surface area contributed by atoms with E-state index >= 15 is 0 Å². The Hall–Kier alpha value is -0.653. The molecule has 0 radical (unpaired) electrons. The minimum atomic E-state index is 0. The number of rotatable bonds is 0. The van der Waals surface area contributed by atoms with Crippen molar-refractivity contribution in [1.82, 2.24) is 41.2 Å². The van der Waals surface area contributed by atoms with Crippen LogP contribution >= 0.6 is 0 Å². The van der Waals surface area contributed by atoms with Gasteiger partial charge in [-0.15, -0.1) is 0 Å². The summed E-state index contributed by atoms with van der Waals surface area (Å²) in [7, 11) is 0. The number of pyridine rings is 4. The van der Waals surface area contributed by atoms with E-state index in [1.54, 1.807) is 0 Å². The predicted octanol–water partition coefficient (Wildman–Crippen LogP) is -9.25. The fourth-order valence-electron chi connectivity index (χ4n) is 4.18. The molecule has 0 unspecified atom stereocenters. The van der Waals surface area contributed by atoms with E-state index in [1.807, 2.05) is 48.5 Å². The van der Waals surface area contributed by atoms with Gasteiger partial charge >= 0.3 is 33.0 Å². The summed E-state index contributed by atoms with van der Waals surface area (Å²) in [6, 6.07) is 24.6. The molecular formula is C28H32Br4N8Ni2. The second kappa shape index (κ2) is 23.7. The molecule has 6 heterocycles. The van der Waals surface area contributed by atoms with Crippen LogP contribution in [-0.4, -0.2) is 19.9 Å². The Bertz CT molecular complexity index is 1030. The molecule has 4 aromatic heterocycles. The molecule has 2 aliphatic rings. The Morgan fingerprint density at radius 3 is 0.595 bits per heavy atom. The van der Waals surface area contributed by atoms with Crippen LogP contribution in [0.5, 0.6) is 0 Å². The number of nitrogens with zero attached hydrogens (tertiary/aromatic N) is 4. The van der Waals surface area contributed by atoms with Crippen molar-refractivity contribution >= 4 is 0 Å². The second-order valence-corrected chi connectivity index (χ2v) is 8.90. The Kier molecular flexibility index (Phi) is 24.5. The fraction of sp³-hybridized carbons (Fsp3) is 0.286. The van der Waals surface area contributed by atoms with Crippen molar-refractivity contribution in [3.63, 3.8) is 0 Å². The Morgan fingerprint density at radius 1 is 0.310 bits per heavy atom. The first-order chi connectivity index (χ1) is 17.8. The van der Waals surface area contributed by atoms with E-state index in [9.17, 15) is 0 Å². The van der Waals surface area contributed by atoms with Gasteiger partial charge in [0.15, 0.2) is 0 Å². The smallest absolute Gasteiger partial charge is 1.00 e. The van der Waals surface area contributed by atoms with Crippen LogP contribution in [0.4, 0.5) is 0 Å². The molecule has 8 bridgehead atoms. The zero-order valence-electron chi connectivity index (χ0n) is 22.5. The average molecular weight is 918 g/mol. The fourth-order valence-corrected chi connectivity index (χ4v) is 4.18. The number of fused-ring (bicyclic) bond motifs is 8. The zero-order chi connectivity index (χ0) is 24.4. The summed E-state index contributed by atoms with van der Waals surface area (Å²) in [5, 5.41) is 13.5. The van der Waals surface area contributed by atoms with Crippen molar-refractivity contribution in [2.75, 3.05) is 0 Å². The molecule has 14 heteroatoms. The molecule has 0 aliphatic carbocycles. The van der Waals surface area contributed by atoms with Gasteiger partial charge in [-0.3, -0.25) is 19.9 Å². The van der Waals surface area contributed by atoms with Crippen LogP contribution in [0.15, 0.2) is 72.8 Å². The van der Waals surface area contributed by atoms with Gasteiger partial charge < -0.3 is 89.2 Å². The first-order valence-electron chi connectivity index (χ1n) is 12.4. The maximum atomic E-state index is 4.60. The Labute approximate surface area is 310 Å². The summed E-state index contributed by atoms with van der Waals surface area (Å²) in [4.78, 5) is 18.4. The second-order valence-electron chi connectivity index (χ2n) is 8.90. The number of hydrogen-bond donors (Lipinski definition) is 4. The average Bonchev–Trinajstić information content (AvgIpc) is 2.89. The van der Waals surface area contributed by atoms with Crippen molar-refractivity contribution in [1.29, 1.82) is 0 Å². The molecule has 0 fully saturated rings. The minimum Gasteiger partial charge on any atom is -1.00 e. The normalized spacial score (nSPS) is 13.3. The third kappa shape index (κ3) is 14.4. The Morgan fingerprint density at radius 2 is 0.452 bits per heavy atom. The topological polar surface area (TPSA) is 99.7 Å². The molecule has 0 spiro atoms. The van der Waals surface area contributed by atoms with Gasteiger partial charge in [0.05, 0.1) is 45.6 Å². The number of hydrogen-bond acceptors (Lipinski definition) is 8. The molecule has 42 heavy (non-hydrogen) atoms. The van der Waals surface area contributed by atoms with Crippen LogP contribution in [0.3, 0.4) is 0 Å². The molecule has 8 nitrogen and oxygen atoms in total. The van der Waals surface area contributed by atoms with E-state index < -0.39 is 0 Å². The largest absolute Gasteiger partial charge is 2.00 e. The van der Waals surface area contributed by atoms with Crippen molar-refractivity contribution in [2.45, 2.75) is 52.4 Å². The van der Waals surface area contributed by atoms with Crippen molar-refractivity contribution in [3.8, 4) is 0 Å². The van der Waals surface area contributed by atoms with Crippen molar-refractivity contribution in [2.24, 2.45) is 0 Å². The van der Waals surface area contributed by atoms with Gasteiger partial charge in [-0.1, -0.05) is 24.3 Å². The summed E-state index contributed by atoms with van der Waals surface area (Å²) in [5.74, 6) is 0. The predicted molar refractivity (Wildman–Crippen MR) is 139 cm³/mol. The summed E-state index contributed by atoms with van der Waals surface area (Å²) < 4.78 is 0. The van der Waals surface area contributed by atoms with E-state index in [1.165, 1.54) is 0 Å². The molecule has 6 rings (SSSR count). The maximum Gasteiger partial charge on any atom is 2.00 e. The number of halogens is 4. The van der Waals surface area contributed by atoms with Gasteiger partial charge in [-0.25, -0.2) is 0 Å². The summed E-state index contributed by atoms with van der Waals surface area (Å²) >= 11 is 0. The Balaban J connectivity index is 0. The van der Waals surface area contributed by atoms with Gasteiger partial charge in [0.2, 0.25) is 0 Å². The van der Waals surface area contributed by atoms with Gasteiger partial charge in [0.1, 0.15) is 0 Å². The van der Waals surface area contributed by atoms with E-state index in [2.05, 4.69) is 65.5 Å². The van der Waals surface area contributed by atoms with E-state index in [4.69, 9.17) is 0 Å². The van der Waals surface area contributed by atoms with Crippen molar-refractivity contribution in [3.05, 3.63) is 118 Å². The molecule has 0 atom stereocenters. The monoisotopic (exact) mass is 912 g/mol. The third-order valence-electron chi connectivity index (χ3n) is 5.91. The minimum absolute atomic E-state index is 0. The molecule has 0 amide bonds. The zero-order valence-corrected chi connectivity index (χ0v) is 30.8. The molecule has 2 aliphatic heterocycles. The van der Waals surface area contributed by atoms with E-state index in [0.717, 1.165) is 97.9 Å². The molecule has 4 N–H and O–H groups in total. The van der Waals surface area contributed by atoms with Crippen LogP contribution in [0.25, 0.3) is 0 Å². The summed E-state index contributed by atoms with van der Waals surface area (Å²) in [6.45, 7) is 6.22. The van der Waals surface area contributed by atoms with Crippen LogP contribution in [0.2, 0.25) is 0 Å². The quantitative estimate of drug-likeness (QED) is 0.130. The molecular weight excluding hydrogens is 885 g/mol. The summed E-state index contributed by atoms with van der Waals surface area (Å²) in [6.07, 6.45) is 0. The first kappa shape index (κ1) is 43.5.